The summed E-state index contributed by atoms with van der Waals surface area (Å²) in [6.07, 6.45) is 0.115. The molecule has 1 aromatic rings. The standard InChI is InChI=1S/C13H16N2O6S/c1-9-8-14(6-5-12(9)16)22(19,20)13-4-3-10(21-2)7-11(13)15(17)18/h3-4,7,9H,5-6,8H2,1-2H3/t9-/m0/s1. The molecular formula is C13H16N2O6S. The zero-order chi connectivity index (χ0) is 16.5. The fraction of sp³-hybridized carbons (Fsp3) is 0.462. The van der Waals surface area contributed by atoms with Gasteiger partial charge in [-0.15, -0.1) is 0 Å². The Morgan fingerprint density at radius 2 is 2.09 bits per heavy atom. The maximum atomic E-state index is 12.6. The number of Topliss-reactive ketones (excluding diaryl/α,β-unsaturated/α-hetero) is 1. The van der Waals surface area contributed by atoms with E-state index in [-0.39, 0.29) is 35.9 Å². The molecule has 8 nitrogen and oxygen atoms in total. The summed E-state index contributed by atoms with van der Waals surface area (Å²) in [5.41, 5.74) is -0.538. The van der Waals surface area contributed by atoms with Crippen molar-refractivity contribution >= 4 is 21.5 Å². The lowest BCUT2D eigenvalue weighted by molar-refractivity contribution is -0.387. The Kier molecular flexibility index (Phi) is 4.47. The Labute approximate surface area is 127 Å². The number of carbonyl (C=O) groups excluding carboxylic acids is 1. The molecule has 1 atom stereocenters. The van der Waals surface area contributed by atoms with E-state index in [1.165, 1.54) is 13.2 Å². The number of rotatable bonds is 4. The average Bonchev–Trinajstić information content (AvgIpc) is 2.49. The normalized spacial score (nSPS) is 19.9. The highest BCUT2D eigenvalue weighted by Crippen LogP contribution is 2.31. The van der Waals surface area contributed by atoms with Crippen molar-refractivity contribution in [2.45, 2.75) is 18.2 Å². The molecule has 0 N–H and O–H groups in total. The number of ether oxygens (including phenoxy) is 1. The minimum absolute atomic E-state index is 0.00400. The van der Waals surface area contributed by atoms with Crippen molar-refractivity contribution in [3.63, 3.8) is 0 Å². The molecule has 0 bridgehead atoms. The first-order chi connectivity index (χ1) is 10.3. The van der Waals surface area contributed by atoms with Gasteiger partial charge in [-0.25, -0.2) is 8.42 Å². The van der Waals surface area contributed by atoms with Gasteiger partial charge in [0.2, 0.25) is 10.0 Å². The van der Waals surface area contributed by atoms with Crippen LogP contribution in [0.25, 0.3) is 0 Å². The van der Waals surface area contributed by atoms with E-state index in [0.29, 0.717) is 0 Å². The fourth-order valence-electron chi connectivity index (χ4n) is 2.32. The summed E-state index contributed by atoms with van der Waals surface area (Å²) in [6.45, 7) is 1.71. The summed E-state index contributed by atoms with van der Waals surface area (Å²) < 4.78 is 31.3. The molecule has 1 saturated heterocycles. The van der Waals surface area contributed by atoms with Crippen molar-refractivity contribution in [1.82, 2.24) is 4.31 Å². The Bertz CT molecular complexity index is 715. The molecule has 0 amide bonds. The number of hydrogen-bond donors (Lipinski definition) is 0. The third-order valence-corrected chi connectivity index (χ3v) is 5.53. The van der Waals surface area contributed by atoms with E-state index in [4.69, 9.17) is 4.74 Å². The molecule has 1 aliphatic heterocycles. The molecule has 0 saturated carbocycles. The van der Waals surface area contributed by atoms with Crippen LogP contribution in [0.5, 0.6) is 5.75 Å². The minimum atomic E-state index is -4.04. The molecule has 0 spiro atoms. The van der Waals surface area contributed by atoms with Crippen LogP contribution in [-0.2, 0) is 14.8 Å². The quantitative estimate of drug-likeness (QED) is 0.607. The van der Waals surface area contributed by atoms with Gasteiger partial charge in [0.25, 0.3) is 5.69 Å². The van der Waals surface area contributed by atoms with E-state index in [9.17, 15) is 23.3 Å². The first-order valence-electron chi connectivity index (χ1n) is 6.62. The number of piperidine rings is 1. The van der Waals surface area contributed by atoms with Gasteiger partial charge in [-0.3, -0.25) is 14.9 Å². The van der Waals surface area contributed by atoms with Crippen LogP contribution in [0, 0.1) is 16.0 Å². The van der Waals surface area contributed by atoms with Gasteiger partial charge in [-0.1, -0.05) is 6.92 Å². The third-order valence-electron chi connectivity index (χ3n) is 3.62. The zero-order valence-corrected chi connectivity index (χ0v) is 13.0. The predicted molar refractivity (Wildman–Crippen MR) is 77.2 cm³/mol. The zero-order valence-electron chi connectivity index (χ0n) is 12.2. The Hall–Kier alpha value is -2.00. The number of nitro groups is 1. The van der Waals surface area contributed by atoms with Crippen molar-refractivity contribution in [2.75, 3.05) is 20.2 Å². The minimum Gasteiger partial charge on any atom is -0.497 e. The number of ketones is 1. The van der Waals surface area contributed by atoms with Gasteiger partial charge in [0.15, 0.2) is 4.90 Å². The highest BCUT2D eigenvalue weighted by Gasteiger charge is 2.36. The second-order valence-corrected chi connectivity index (χ2v) is 6.98. The van der Waals surface area contributed by atoms with Crippen molar-refractivity contribution in [1.29, 1.82) is 0 Å². The Balaban J connectivity index is 2.45. The molecule has 0 aromatic heterocycles. The van der Waals surface area contributed by atoms with E-state index in [1.54, 1.807) is 6.92 Å². The number of nitro benzene ring substituents is 1. The summed E-state index contributed by atoms with van der Waals surface area (Å²) in [4.78, 5) is 21.5. The predicted octanol–water partition coefficient (Wildman–Crippen LogP) is 1.20. The van der Waals surface area contributed by atoms with E-state index < -0.39 is 26.6 Å². The average molecular weight is 328 g/mol. The fourth-order valence-corrected chi connectivity index (χ4v) is 3.99. The van der Waals surface area contributed by atoms with E-state index >= 15 is 0 Å². The third kappa shape index (κ3) is 2.95. The smallest absolute Gasteiger partial charge is 0.293 e. The first kappa shape index (κ1) is 16.4. The molecule has 0 aliphatic carbocycles. The maximum Gasteiger partial charge on any atom is 0.293 e. The summed E-state index contributed by atoms with van der Waals surface area (Å²) in [7, 11) is -2.70. The van der Waals surface area contributed by atoms with Crippen molar-refractivity contribution in [2.24, 2.45) is 5.92 Å². The van der Waals surface area contributed by atoms with E-state index in [1.807, 2.05) is 0 Å². The number of benzene rings is 1. The molecular weight excluding hydrogens is 312 g/mol. The second-order valence-electron chi connectivity index (χ2n) is 5.07. The maximum absolute atomic E-state index is 12.6. The van der Waals surface area contributed by atoms with Gasteiger partial charge in [0, 0.05) is 25.4 Å². The Morgan fingerprint density at radius 1 is 1.41 bits per heavy atom. The highest BCUT2D eigenvalue weighted by atomic mass is 32.2. The van der Waals surface area contributed by atoms with Crippen LogP contribution >= 0.6 is 0 Å². The molecule has 1 heterocycles. The van der Waals surface area contributed by atoms with Crippen molar-refractivity contribution in [3.05, 3.63) is 28.3 Å². The van der Waals surface area contributed by atoms with Gasteiger partial charge >= 0.3 is 0 Å². The SMILES string of the molecule is COc1ccc(S(=O)(=O)N2CCC(=O)[C@@H](C)C2)c([N+](=O)[O-])c1. The van der Waals surface area contributed by atoms with Crippen LogP contribution in [0.2, 0.25) is 0 Å². The van der Waals surface area contributed by atoms with Crippen LogP contribution in [0.3, 0.4) is 0 Å². The number of methoxy groups -OCH3 is 1. The van der Waals surface area contributed by atoms with Gasteiger partial charge in [0.1, 0.15) is 11.5 Å². The highest BCUT2D eigenvalue weighted by molar-refractivity contribution is 7.89. The Morgan fingerprint density at radius 3 is 2.64 bits per heavy atom. The van der Waals surface area contributed by atoms with Gasteiger partial charge < -0.3 is 4.74 Å². The van der Waals surface area contributed by atoms with Crippen molar-refractivity contribution < 1.29 is 22.9 Å². The molecule has 0 unspecified atom stereocenters. The topological polar surface area (TPSA) is 107 Å². The summed E-state index contributed by atoms with van der Waals surface area (Å²) >= 11 is 0. The van der Waals surface area contributed by atoms with Crippen LogP contribution in [-0.4, -0.2) is 43.6 Å². The van der Waals surface area contributed by atoms with E-state index in [2.05, 4.69) is 0 Å². The lowest BCUT2D eigenvalue weighted by atomic mass is 10.0. The summed E-state index contributed by atoms with van der Waals surface area (Å²) in [5, 5.41) is 11.1. The van der Waals surface area contributed by atoms with Crippen LogP contribution < -0.4 is 4.74 Å². The largest absolute Gasteiger partial charge is 0.497 e. The van der Waals surface area contributed by atoms with Crippen molar-refractivity contribution in [3.8, 4) is 5.75 Å². The van der Waals surface area contributed by atoms with Crippen LogP contribution in [0.1, 0.15) is 13.3 Å². The molecule has 1 aliphatic rings. The molecule has 2 rings (SSSR count). The first-order valence-corrected chi connectivity index (χ1v) is 8.06. The van der Waals surface area contributed by atoms with E-state index in [0.717, 1.165) is 16.4 Å². The number of sulfonamides is 1. The number of hydrogen-bond acceptors (Lipinski definition) is 6. The molecule has 22 heavy (non-hydrogen) atoms. The summed E-state index contributed by atoms with van der Waals surface area (Å²) in [6, 6.07) is 3.59. The van der Waals surface area contributed by atoms with Crippen LogP contribution in [0.4, 0.5) is 5.69 Å². The van der Waals surface area contributed by atoms with Gasteiger partial charge in [0.05, 0.1) is 18.1 Å². The van der Waals surface area contributed by atoms with Gasteiger partial charge in [-0.2, -0.15) is 4.31 Å². The second kappa shape index (κ2) is 6.01. The monoisotopic (exact) mass is 328 g/mol. The lowest BCUT2D eigenvalue weighted by Crippen LogP contribution is -2.43. The number of nitrogens with zero attached hydrogens (tertiary/aromatic N) is 2. The van der Waals surface area contributed by atoms with Gasteiger partial charge in [-0.05, 0) is 12.1 Å². The van der Waals surface area contributed by atoms with Crippen LogP contribution in [0.15, 0.2) is 23.1 Å². The lowest BCUT2D eigenvalue weighted by Gasteiger charge is -2.29. The molecule has 1 fully saturated rings. The number of carbonyl (C=O) groups is 1. The molecule has 120 valence electrons. The molecule has 0 radical (unpaired) electrons. The summed E-state index contributed by atoms with van der Waals surface area (Å²) in [5.74, 6) is -0.218. The molecule has 1 aromatic carbocycles. The molecule has 9 heteroatoms.